The van der Waals surface area contributed by atoms with Gasteiger partial charge in [0.25, 0.3) is 11.6 Å². The lowest BCUT2D eigenvalue weighted by atomic mass is 10.1. The molecule has 0 aliphatic carbocycles. The number of nitro groups is 1. The molecule has 0 heterocycles. The lowest BCUT2D eigenvalue weighted by Crippen LogP contribution is -2.32. The molecule has 1 atom stereocenters. The molecule has 0 unspecified atom stereocenters. The van der Waals surface area contributed by atoms with Gasteiger partial charge in [0, 0.05) is 17.2 Å². The molecule has 0 aromatic heterocycles. The maximum absolute atomic E-state index is 11.9. The van der Waals surface area contributed by atoms with E-state index in [1.165, 1.54) is 24.3 Å². The van der Waals surface area contributed by atoms with Crippen molar-refractivity contribution in [2.75, 3.05) is 13.2 Å². The predicted molar refractivity (Wildman–Crippen MR) is 97.6 cm³/mol. The summed E-state index contributed by atoms with van der Waals surface area (Å²) in [6.45, 7) is 0.876. The van der Waals surface area contributed by atoms with E-state index >= 15 is 0 Å². The Morgan fingerprint density at radius 2 is 1.81 bits per heavy atom. The Labute approximate surface area is 160 Å². The lowest BCUT2D eigenvalue weighted by Gasteiger charge is -2.15. The summed E-state index contributed by atoms with van der Waals surface area (Å²) in [7, 11) is 0. The number of benzene rings is 2. The van der Waals surface area contributed by atoms with Gasteiger partial charge in [-0.3, -0.25) is 14.9 Å². The second kappa shape index (κ2) is 9.54. The number of halogens is 1. The van der Waals surface area contributed by atoms with Crippen molar-refractivity contribution >= 4 is 29.2 Å². The van der Waals surface area contributed by atoms with Crippen molar-refractivity contribution in [3.05, 3.63) is 69.2 Å². The molecule has 0 aliphatic heterocycles. The van der Waals surface area contributed by atoms with Crippen molar-refractivity contribution in [1.29, 1.82) is 0 Å². The van der Waals surface area contributed by atoms with E-state index in [0.29, 0.717) is 5.02 Å². The number of nitrogens with zero attached hydrogens (tertiary/aromatic N) is 1. The number of hydrogen-bond acceptors (Lipinski definition) is 6. The molecule has 1 N–H and O–H groups in total. The fourth-order valence-electron chi connectivity index (χ4n) is 2.18. The van der Waals surface area contributed by atoms with Crippen LogP contribution in [0.3, 0.4) is 0 Å². The van der Waals surface area contributed by atoms with E-state index in [1.54, 1.807) is 31.2 Å². The number of carbonyl (C=O) groups is 2. The van der Waals surface area contributed by atoms with Crippen LogP contribution in [0.1, 0.15) is 18.5 Å². The van der Waals surface area contributed by atoms with Gasteiger partial charge in [-0.15, -0.1) is 0 Å². The van der Waals surface area contributed by atoms with Crippen molar-refractivity contribution in [2.45, 2.75) is 13.0 Å². The average molecular weight is 393 g/mol. The highest BCUT2D eigenvalue weighted by molar-refractivity contribution is 6.31. The number of rotatable bonds is 8. The summed E-state index contributed by atoms with van der Waals surface area (Å²) < 4.78 is 9.99. The molecule has 0 saturated heterocycles. The summed E-state index contributed by atoms with van der Waals surface area (Å²) in [6, 6.07) is 12.0. The number of esters is 1. The minimum atomic E-state index is -0.742. The monoisotopic (exact) mass is 392 g/mol. The molecule has 0 fully saturated rings. The van der Waals surface area contributed by atoms with Crippen LogP contribution < -0.4 is 10.1 Å². The zero-order valence-electron chi connectivity index (χ0n) is 14.4. The molecule has 142 valence electrons. The molecule has 2 aromatic carbocycles. The van der Waals surface area contributed by atoms with Crippen molar-refractivity contribution < 1.29 is 24.0 Å². The Morgan fingerprint density at radius 1 is 1.15 bits per heavy atom. The van der Waals surface area contributed by atoms with Gasteiger partial charge >= 0.3 is 5.97 Å². The number of ether oxygens (including phenoxy) is 2. The largest absolute Gasteiger partial charge is 0.482 e. The van der Waals surface area contributed by atoms with Gasteiger partial charge in [0.15, 0.2) is 13.2 Å². The van der Waals surface area contributed by atoms with Crippen molar-refractivity contribution in [3.8, 4) is 5.75 Å². The molecule has 1 amide bonds. The van der Waals surface area contributed by atoms with Gasteiger partial charge < -0.3 is 14.8 Å². The number of amides is 1. The Kier molecular flexibility index (Phi) is 7.13. The van der Waals surface area contributed by atoms with Crippen molar-refractivity contribution in [3.63, 3.8) is 0 Å². The molecular weight excluding hydrogens is 376 g/mol. The fourth-order valence-corrected chi connectivity index (χ4v) is 2.48. The van der Waals surface area contributed by atoms with E-state index in [2.05, 4.69) is 5.32 Å². The van der Waals surface area contributed by atoms with Crippen LogP contribution in [0.2, 0.25) is 5.02 Å². The van der Waals surface area contributed by atoms with E-state index in [1.807, 2.05) is 0 Å². The summed E-state index contributed by atoms with van der Waals surface area (Å²) >= 11 is 6.07. The highest BCUT2D eigenvalue weighted by atomic mass is 35.5. The molecule has 0 saturated carbocycles. The van der Waals surface area contributed by atoms with E-state index in [0.717, 1.165) is 5.56 Å². The number of non-ortho nitro benzene ring substituents is 1. The molecule has 9 heteroatoms. The first kappa shape index (κ1) is 20.2. The topological polar surface area (TPSA) is 108 Å². The minimum Gasteiger partial charge on any atom is -0.482 e. The highest BCUT2D eigenvalue weighted by Gasteiger charge is 2.14. The Balaban J connectivity index is 1.74. The predicted octanol–water partition coefficient (Wildman–Crippen LogP) is 3.05. The van der Waals surface area contributed by atoms with Gasteiger partial charge in [-0.05, 0) is 30.7 Å². The summed E-state index contributed by atoms with van der Waals surface area (Å²) in [5.41, 5.74) is 0.662. The van der Waals surface area contributed by atoms with Crippen LogP contribution in [0.4, 0.5) is 5.69 Å². The summed E-state index contributed by atoms with van der Waals surface area (Å²) in [5, 5.41) is 13.8. The van der Waals surface area contributed by atoms with Crippen LogP contribution in [-0.2, 0) is 14.3 Å². The SMILES string of the molecule is C[C@H](NC(=O)COC(=O)COc1ccc([N+](=O)[O-])cc1)c1ccccc1Cl. The second-order valence-electron chi connectivity index (χ2n) is 5.51. The Morgan fingerprint density at radius 3 is 2.44 bits per heavy atom. The van der Waals surface area contributed by atoms with E-state index < -0.39 is 30.0 Å². The fraction of sp³-hybridized carbons (Fsp3) is 0.222. The first-order chi connectivity index (χ1) is 12.9. The van der Waals surface area contributed by atoms with Gasteiger partial charge in [-0.25, -0.2) is 4.79 Å². The van der Waals surface area contributed by atoms with Crippen LogP contribution in [0.15, 0.2) is 48.5 Å². The second-order valence-corrected chi connectivity index (χ2v) is 5.92. The number of nitro benzene ring substituents is 1. The Hall–Kier alpha value is -3.13. The van der Waals surface area contributed by atoms with Gasteiger partial charge in [-0.1, -0.05) is 29.8 Å². The van der Waals surface area contributed by atoms with Crippen LogP contribution in [0.25, 0.3) is 0 Å². The van der Waals surface area contributed by atoms with Gasteiger partial charge in [0.1, 0.15) is 5.75 Å². The van der Waals surface area contributed by atoms with Gasteiger partial charge in [-0.2, -0.15) is 0 Å². The summed E-state index contributed by atoms with van der Waals surface area (Å²) in [5.74, 6) is -0.950. The minimum absolute atomic E-state index is 0.0887. The number of nitrogens with one attached hydrogen (secondary N) is 1. The van der Waals surface area contributed by atoms with Crippen LogP contribution >= 0.6 is 11.6 Å². The zero-order valence-corrected chi connectivity index (χ0v) is 15.1. The highest BCUT2D eigenvalue weighted by Crippen LogP contribution is 2.22. The van der Waals surface area contributed by atoms with Crippen LogP contribution in [0, 0.1) is 10.1 Å². The molecule has 0 bridgehead atoms. The van der Waals surface area contributed by atoms with Crippen molar-refractivity contribution in [2.24, 2.45) is 0 Å². The molecule has 27 heavy (non-hydrogen) atoms. The first-order valence-corrected chi connectivity index (χ1v) is 8.31. The molecule has 2 rings (SSSR count). The quantitative estimate of drug-likeness (QED) is 0.420. The van der Waals surface area contributed by atoms with E-state index in [9.17, 15) is 19.7 Å². The zero-order chi connectivity index (χ0) is 19.8. The third-order valence-corrected chi connectivity index (χ3v) is 3.86. The molecule has 0 radical (unpaired) electrons. The maximum Gasteiger partial charge on any atom is 0.344 e. The average Bonchev–Trinajstić information content (AvgIpc) is 2.65. The number of carbonyl (C=O) groups excluding carboxylic acids is 2. The molecule has 0 aliphatic rings. The third kappa shape index (κ3) is 6.27. The van der Waals surface area contributed by atoms with Crippen LogP contribution in [0.5, 0.6) is 5.75 Å². The van der Waals surface area contributed by atoms with Crippen LogP contribution in [-0.4, -0.2) is 30.0 Å². The first-order valence-electron chi connectivity index (χ1n) is 7.93. The smallest absolute Gasteiger partial charge is 0.344 e. The number of hydrogen-bond donors (Lipinski definition) is 1. The molecule has 0 spiro atoms. The summed E-state index contributed by atoms with van der Waals surface area (Å²) in [4.78, 5) is 33.5. The standard InChI is InChI=1S/C18H17ClN2O6/c1-12(15-4-2-3-5-16(15)19)20-17(22)10-27-18(23)11-26-14-8-6-13(7-9-14)21(24)25/h2-9,12H,10-11H2,1H3,(H,20,22)/t12-/m0/s1. The van der Waals surface area contributed by atoms with Crippen molar-refractivity contribution in [1.82, 2.24) is 5.32 Å². The normalized spacial score (nSPS) is 11.3. The van der Waals surface area contributed by atoms with Gasteiger partial charge in [0.05, 0.1) is 11.0 Å². The molecular formula is C18H17ClN2O6. The summed E-state index contributed by atoms with van der Waals surface area (Å²) in [6.07, 6.45) is 0. The third-order valence-electron chi connectivity index (χ3n) is 3.52. The van der Waals surface area contributed by atoms with Gasteiger partial charge in [0.2, 0.25) is 0 Å². The molecule has 8 nitrogen and oxygen atoms in total. The van der Waals surface area contributed by atoms with E-state index in [-0.39, 0.29) is 17.5 Å². The molecule has 2 aromatic rings. The Bertz CT molecular complexity index is 825. The maximum atomic E-state index is 11.9. The van der Waals surface area contributed by atoms with E-state index in [4.69, 9.17) is 21.1 Å². The lowest BCUT2D eigenvalue weighted by molar-refractivity contribution is -0.384.